The molecule has 0 amide bonds. The summed E-state index contributed by atoms with van der Waals surface area (Å²) in [6.45, 7) is 4.55. The van der Waals surface area contributed by atoms with Gasteiger partial charge in [-0.1, -0.05) is 6.92 Å². The Morgan fingerprint density at radius 2 is 2.13 bits per heavy atom. The van der Waals surface area contributed by atoms with Crippen molar-refractivity contribution in [2.24, 2.45) is 5.92 Å². The number of nitrogens with zero attached hydrogens (tertiary/aromatic N) is 1. The normalized spacial score (nSPS) is 21.5. The molecule has 1 heterocycles. The van der Waals surface area contributed by atoms with Gasteiger partial charge in [-0.3, -0.25) is 9.69 Å². The molecule has 0 aromatic carbocycles. The van der Waals surface area contributed by atoms with E-state index in [4.69, 9.17) is 9.84 Å². The van der Waals surface area contributed by atoms with Gasteiger partial charge in [-0.05, 0) is 38.3 Å². The van der Waals surface area contributed by atoms with Crippen LogP contribution in [-0.4, -0.2) is 48.8 Å². The van der Waals surface area contributed by atoms with Gasteiger partial charge in [0, 0.05) is 13.7 Å². The maximum atomic E-state index is 11.1. The number of ether oxygens (including phenoxy) is 1. The van der Waals surface area contributed by atoms with Crippen LogP contribution in [0, 0.1) is 5.92 Å². The molecule has 0 aromatic heterocycles. The molecule has 0 spiro atoms. The van der Waals surface area contributed by atoms with Crippen LogP contribution in [0.1, 0.15) is 26.2 Å². The molecule has 88 valence electrons. The van der Waals surface area contributed by atoms with Crippen molar-refractivity contribution in [1.29, 1.82) is 0 Å². The van der Waals surface area contributed by atoms with Gasteiger partial charge in [-0.2, -0.15) is 0 Å². The molecule has 1 saturated heterocycles. The predicted molar refractivity (Wildman–Crippen MR) is 57.9 cm³/mol. The SMILES string of the molecule is COCCC(C(=O)O)N1CCC(C)CC1. The van der Waals surface area contributed by atoms with Crippen molar-refractivity contribution >= 4 is 5.97 Å². The Labute approximate surface area is 91.2 Å². The zero-order valence-electron chi connectivity index (χ0n) is 9.61. The summed E-state index contributed by atoms with van der Waals surface area (Å²) in [7, 11) is 1.61. The van der Waals surface area contributed by atoms with Crippen LogP contribution < -0.4 is 0 Å². The van der Waals surface area contributed by atoms with Crippen molar-refractivity contribution in [3.63, 3.8) is 0 Å². The maximum Gasteiger partial charge on any atom is 0.321 e. The third-order valence-corrected chi connectivity index (χ3v) is 3.14. The van der Waals surface area contributed by atoms with Gasteiger partial charge in [-0.25, -0.2) is 0 Å². The Morgan fingerprint density at radius 1 is 1.53 bits per heavy atom. The average molecular weight is 215 g/mol. The molecule has 1 N–H and O–H groups in total. The monoisotopic (exact) mass is 215 g/mol. The van der Waals surface area contributed by atoms with E-state index >= 15 is 0 Å². The lowest BCUT2D eigenvalue weighted by Gasteiger charge is -2.34. The fraction of sp³-hybridized carbons (Fsp3) is 0.909. The van der Waals surface area contributed by atoms with E-state index in [2.05, 4.69) is 11.8 Å². The van der Waals surface area contributed by atoms with E-state index in [0.29, 0.717) is 13.0 Å². The summed E-state index contributed by atoms with van der Waals surface area (Å²) in [4.78, 5) is 13.2. The van der Waals surface area contributed by atoms with E-state index in [1.54, 1.807) is 7.11 Å². The van der Waals surface area contributed by atoms with E-state index in [1.807, 2.05) is 0 Å². The van der Waals surface area contributed by atoms with Gasteiger partial charge in [0.25, 0.3) is 0 Å². The first-order valence-corrected chi connectivity index (χ1v) is 5.61. The Kier molecular flexibility index (Phi) is 5.05. The molecule has 1 aliphatic heterocycles. The number of hydrogen-bond acceptors (Lipinski definition) is 3. The van der Waals surface area contributed by atoms with Crippen LogP contribution in [0.15, 0.2) is 0 Å². The van der Waals surface area contributed by atoms with E-state index in [-0.39, 0.29) is 6.04 Å². The molecule has 1 unspecified atom stereocenters. The number of aliphatic carboxylic acids is 1. The van der Waals surface area contributed by atoms with Crippen LogP contribution in [0.2, 0.25) is 0 Å². The third-order valence-electron chi connectivity index (χ3n) is 3.14. The van der Waals surface area contributed by atoms with Crippen LogP contribution in [0.4, 0.5) is 0 Å². The van der Waals surface area contributed by atoms with E-state index in [9.17, 15) is 4.79 Å². The number of piperidine rings is 1. The van der Waals surface area contributed by atoms with Crippen LogP contribution in [0.3, 0.4) is 0 Å². The molecule has 1 atom stereocenters. The highest BCUT2D eigenvalue weighted by Crippen LogP contribution is 2.19. The number of carboxylic acid groups (broad SMARTS) is 1. The summed E-state index contributed by atoms with van der Waals surface area (Å²) in [5, 5.41) is 9.12. The molecule has 15 heavy (non-hydrogen) atoms. The fourth-order valence-corrected chi connectivity index (χ4v) is 2.03. The van der Waals surface area contributed by atoms with Gasteiger partial charge >= 0.3 is 5.97 Å². The Morgan fingerprint density at radius 3 is 2.60 bits per heavy atom. The van der Waals surface area contributed by atoms with Gasteiger partial charge in [0.1, 0.15) is 6.04 Å². The second-order valence-corrected chi connectivity index (χ2v) is 4.35. The molecular formula is C11H21NO3. The minimum Gasteiger partial charge on any atom is -0.480 e. The van der Waals surface area contributed by atoms with Crippen molar-refractivity contribution < 1.29 is 14.6 Å². The van der Waals surface area contributed by atoms with Gasteiger partial charge < -0.3 is 9.84 Å². The number of carbonyl (C=O) groups is 1. The highest BCUT2D eigenvalue weighted by atomic mass is 16.5. The topological polar surface area (TPSA) is 49.8 Å². The van der Waals surface area contributed by atoms with Crippen LogP contribution in [-0.2, 0) is 9.53 Å². The Balaban J connectivity index is 2.44. The first kappa shape index (κ1) is 12.5. The third kappa shape index (κ3) is 3.80. The summed E-state index contributed by atoms with van der Waals surface area (Å²) in [5.74, 6) is 0.0136. The summed E-state index contributed by atoms with van der Waals surface area (Å²) in [6.07, 6.45) is 2.80. The molecule has 0 aliphatic carbocycles. The number of rotatable bonds is 5. The number of hydrogen-bond donors (Lipinski definition) is 1. The summed E-state index contributed by atoms with van der Waals surface area (Å²) >= 11 is 0. The van der Waals surface area contributed by atoms with Gasteiger partial charge in [0.2, 0.25) is 0 Å². The van der Waals surface area contributed by atoms with Crippen molar-refractivity contribution in [2.45, 2.75) is 32.2 Å². The molecule has 4 nitrogen and oxygen atoms in total. The second-order valence-electron chi connectivity index (χ2n) is 4.35. The quantitative estimate of drug-likeness (QED) is 0.749. The van der Waals surface area contributed by atoms with Crippen molar-refractivity contribution in [3.05, 3.63) is 0 Å². The van der Waals surface area contributed by atoms with E-state index < -0.39 is 5.97 Å². The van der Waals surface area contributed by atoms with Gasteiger partial charge in [-0.15, -0.1) is 0 Å². The zero-order valence-corrected chi connectivity index (χ0v) is 9.61. The van der Waals surface area contributed by atoms with E-state index in [1.165, 1.54) is 0 Å². The molecule has 1 aliphatic rings. The number of carboxylic acids is 1. The molecular weight excluding hydrogens is 194 g/mol. The molecule has 0 saturated carbocycles. The largest absolute Gasteiger partial charge is 0.480 e. The molecule has 0 bridgehead atoms. The lowest BCUT2D eigenvalue weighted by atomic mass is 9.97. The summed E-state index contributed by atoms with van der Waals surface area (Å²) in [6, 6.07) is -0.363. The highest BCUT2D eigenvalue weighted by molar-refractivity contribution is 5.73. The second kappa shape index (κ2) is 6.08. The predicted octanol–water partition coefficient (Wildman–Crippen LogP) is 1.21. The fourth-order valence-electron chi connectivity index (χ4n) is 2.03. The lowest BCUT2D eigenvalue weighted by Crippen LogP contribution is -2.45. The number of methoxy groups -OCH3 is 1. The highest BCUT2D eigenvalue weighted by Gasteiger charge is 2.27. The lowest BCUT2D eigenvalue weighted by molar-refractivity contribution is -0.144. The minimum atomic E-state index is -0.721. The van der Waals surface area contributed by atoms with Crippen molar-refractivity contribution in [1.82, 2.24) is 4.90 Å². The van der Waals surface area contributed by atoms with Gasteiger partial charge in [0.05, 0.1) is 0 Å². The van der Waals surface area contributed by atoms with Crippen LogP contribution >= 0.6 is 0 Å². The van der Waals surface area contributed by atoms with E-state index in [0.717, 1.165) is 31.8 Å². The maximum absolute atomic E-state index is 11.1. The molecule has 1 rings (SSSR count). The molecule has 0 aromatic rings. The molecule has 1 fully saturated rings. The standard InChI is InChI=1S/C11H21NO3/c1-9-3-6-12(7-4-9)10(11(13)14)5-8-15-2/h9-10H,3-8H2,1-2H3,(H,13,14). The van der Waals surface area contributed by atoms with Crippen molar-refractivity contribution in [3.8, 4) is 0 Å². The van der Waals surface area contributed by atoms with Gasteiger partial charge in [0.15, 0.2) is 0 Å². The zero-order chi connectivity index (χ0) is 11.3. The Bertz CT molecular complexity index is 200. The number of likely N-dealkylation sites (tertiary alicyclic amines) is 1. The average Bonchev–Trinajstić information content (AvgIpc) is 2.21. The van der Waals surface area contributed by atoms with Crippen molar-refractivity contribution in [2.75, 3.05) is 26.8 Å². The Hall–Kier alpha value is -0.610. The first-order valence-electron chi connectivity index (χ1n) is 5.61. The van der Waals surface area contributed by atoms with Crippen LogP contribution in [0.5, 0.6) is 0 Å². The smallest absolute Gasteiger partial charge is 0.321 e. The first-order chi connectivity index (χ1) is 7.15. The summed E-state index contributed by atoms with van der Waals surface area (Å²) in [5.41, 5.74) is 0. The molecule has 0 radical (unpaired) electrons. The minimum absolute atomic E-state index is 0.363. The van der Waals surface area contributed by atoms with Crippen LogP contribution in [0.25, 0.3) is 0 Å². The molecule has 4 heteroatoms. The summed E-state index contributed by atoms with van der Waals surface area (Å²) < 4.78 is 4.94.